The van der Waals surface area contributed by atoms with Gasteiger partial charge in [-0.25, -0.2) is 0 Å². The number of ether oxygens (including phenoxy) is 1. The minimum Gasteiger partial charge on any atom is -0.481 e. The lowest BCUT2D eigenvalue weighted by Crippen LogP contribution is -2.37. The molecule has 0 aliphatic rings. The molecule has 21 heavy (non-hydrogen) atoms. The molecule has 0 radical (unpaired) electrons. The molecule has 1 atom stereocenters. The van der Waals surface area contributed by atoms with E-state index in [0.717, 1.165) is 31.4 Å². The van der Waals surface area contributed by atoms with Crippen molar-refractivity contribution in [3.63, 3.8) is 0 Å². The fourth-order valence-corrected chi connectivity index (χ4v) is 1.74. The van der Waals surface area contributed by atoms with E-state index in [9.17, 15) is 9.59 Å². The van der Waals surface area contributed by atoms with Crippen LogP contribution in [0.15, 0.2) is 11.6 Å². The summed E-state index contributed by atoms with van der Waals surface area (Å²) in [6.45, 7) is 9.51. The Hall–Kier alpha value is -1.36. The molecule has 0 aromatic rings. The quantitative estimate of drug-likeness (QED) is 0.470. The molecule has 0 aliphatic heterocycles. The molecule has 0 bridgehead atoms. The van der Waals surface area contributed by atoms with Crippen molar-refractivity contribution in [2.24, 2.45) is 5.92 Å². The van der Waals surface area contributed by atoms with Gasteiger partial charge in [0.2, 0.25) is 5.91 Å². The first-order chi connectivity index (χ1) is 9.88. The van der Waals surface area contributed by atoms with Crippen molar-refractivity contribution in [3.05, 3.63) is 11.6 Å². The summed E-state index contributed by atoms with van der Waals surface area (Å²) in [5.41, 5.74) is 0.909. The highest BCUT2D eigenvalue weighted by atomic mass is 16.5. The van der Waals surface area contributed by atoms with Gasteiger partial charge in [-0.2, -0.15) is 0 Å². The number of hydrogen-bond acceptors (Lipinski definition) is 3. The van der Waals surface area contributed by atoms with E-state index in [1.165, 1.54) is 0 Å². The average Bonchev–Trinajstić information content (AvgIpc) is 2.40. The van der Waals surface area contributed by atoms with Gasteiger partial charge in [0, 0.05) is 32.4 Å². The normalized spacial score (nSPS) is 11.8. The summed E-state index contributed by atoms with van der Waals surface area (Å²) in [4.78, 5) is 24.6. The highest BCUT2D eigenvalue weighted by Crippen LogP contribution is 2.05. The largest absolute Gasteiger partial charge is 0.481 e. The molecule has 0 rings (SSSR count). The summed E-state index contributed by atoms with van der Waals surface area (Å²) in [6, 6.07) is 0. The molecule has 0 aliphatic carbocycles. The van der Waals surface area contributed by atoms with Crippen molar-refractivity contribution in [2.45, 2.75) is 47.0 Å². The molecule has 0 aromatic carbocycles. The van der Waals surface area contributed by atoms with E-state index in [-0.39, 0.29) is 12.5 Å². The maximum Gasteiger partial charge on any atom is 0.308 e. The van der Waals surface area contributed by atoms with E-state index < -0.39 is 11.9 Å². The Morgan fingerprint density at radius 1 is 1.24 bits per heavy atom. The van der Waals surface area contributed by atoms with Gasteiger partial charge in [-0.15, -0.1) is 0 Å². The Morgan fingerprint density at radius 3 is 2.38 bits per heavy atom. The zero-order valence-corrected chi connectivity index (χ0v) is 13.7. The fourth-order valence-electron chi connectivity index (χ4n) is 1.74. The van der Waals surface area contributed by atoms with E-state index in [0.29, 0.717) is 13.2 Å². The number of carboxylic acids is 1. The van der Waals surface area contributed by atoms with Crippen LogP contribution >= 0.6 is 0 Å². The summed E-state index contributed by atoms with van der Waals surface area (Å²) in [7, 11) is 0. The Balaban J connectivity index is 4.35. The maximum atomic E-state index is 12.1. The predicted molar refractivity (Wildman–Crippen MR) is 83.2 cm³/mol. The van der Waals surface area contributed by atoms with Gasteiger partial charge in [0.15, 0.2) is 0 Å². The molecule has 122 valence electrons. The van der Waals surface area contributed by atoms with Crippen molar-refractivity contribution >= 4 is 11.9 Å². The second kappa shape index (κ2) is 11.3. The third kappa shape index (κ3) is 10.1. The third-order valence-electron chi connectivity index (χ3n) is 3.00. The van der Waals surface area contributed by atoms with Crippen LogP contribution in [0.3, 0.4) is 0 Å². The fraction of sp³-hybridized carbons (Fsp3) is 0.750. The van der Waals surface area contributed by atoms with Gasteiger partial charge in [0.05, 0.1) is 5.92 Å². The molecular weight excluding hydrogens is 270 g/mol. The molecule has 5 heteroatoms. The van der Waals surface area contributed by atoms with Crippen LogP contribution in [0.25, 0.3) is 0 Å². The second-order valence-electron chi connectivity index (χ2n) is 5.56. The average molecular weight is 299 g/mol. The number of carbonyl (C=O) groups excluding carboxylic acids is 1. The van der Waals surface area contributed by atoms with Crippen LogP contribution in [-0.4, -0.2) is 48.2 Å². The minimum atomic E-state index is -0.885. The molecule has 1 N–H and O–H groups in total. The van der Waals surface area contributed by atoms with E-state index in [2.05, 4.69) is 6.92 Å². The maximum absolute atomic E-state index is 12.1. The van der Waals surface area contributed by atoms with Crippen LogP contribution in [0.5, 0.6) is 0 Å². The molecule has 0 saturated carbocycles. The van der Waals surface area contributed by atoms with Crippen molar-refractivity contribution in [1.82, 2.24) is 4.90 Å². The first-order valence-corrected chi connectivity index (χ1v) is 7.62. The van der Waals surface area contributed by atoms with Crippen molar-refractivity contribution in [3.8, 4) is 0 Å². The third-order valence-corrected chi connectivity index (χ3v) is 3.00. The van der Waals surface area contributed by atoms with Crippen molar-refractivity contribution in [1.29, 1.82) is 0 Å². The number of rotatable bonds is 11. The van der Waals surface area contributed by atoms with Crippen LogP contribution in [0.2, 0.25) is 0 Å². The van der Waals surface area contributed by atoms with Gasteiger partial charge in [-0.1, -0.05) is 25.8 Å². The Labute approximate surface area is 128 Å². The molecule has 1 amide bonds. The SMILES string of the molecule is CCCCOCCCN(CC(C)C(=O)O)C(=O)C=C(C)C. The van der Waals surface area contributed by atoms with Crippen LogP contribution in [0.1, 0.15) is 47.0 Å². The van der Waals surface area contributed by atoms with Gasteiger partial charge in [-0.3, -0.25) is 9.59 Å². The number of allylic oxidation sites excluding steroid dienone is 1. The predicted octanol–water partition coefficient (Wildman–Crippen LogP) is 2.71. The van der Waals surface area contributed by atoms with Crippen molar-refractivity contribution in [2.75, 3.05) is 26.3 Å². The number of nitrogens with zero attached hydrogens (tertiary/aromatic N) is 1. The van der Waals surface area contributed by atoms with Crippen LogP contribution in [-0.2, 0) is 14.3 Å². The summed E-state index contributed by atoms with van der Waals surface area (Å²) in [5.74, 6) is -1.58. The number of unbranched alkanes of at least 4 members (excludes halogenated alkanes) is 1. The monoisotopic (exact) mass is 299 g/mol. The molecule has 0 aromatic heterocycles. The lowest BCUT2D eigenvalue weighted by atomic mass is 10.1. The lowest BCUT2D eigenvalue weighted by Gasteiger charge is -2.23. The van der Waals surface area contributed by atoms with E-state index >= 15 is 0 Å². The summed E-state index contributed by atoms with van der Waals surface area (Å²) >= 11 is 0. The minimum absolute atomic E-state index is 0.128. The van der Waals surface area contributed by atoms with Crippen LogP contribution < -0.4 is 0 Å². The Morgan fingerprint density at radius 2 is 1.86 bits per heavy atom. The Kier molecular flexibility index (Phi) is 10.6. The van der Waals surface area contributed by atoms with Crippen molar-refractivity contribution < 1.29 is 19.4 Å². The van der Waals surface area contributed by atoms with Crippen LogP contribution in [0, 0.1) is 5.92 Å². The van der Waals surface area contributed by atoms with Crippen LogP contribution in [0.4, 0.5) is 0 Å². The summed E-state index contributed by atoms with van der Waals surface area (Å²) in [6.07, 6.45) is 4.41. The standard InChI is InChI=1S/C16H29NO4/c1-5-6-9-21-10-7-8-17(12-14(4)16(19)20)15(18)11-13(2)3/h11,14H,5-10,12H2,1-4H3,(H,19,20). The van der Waals surface area contributed by atoms with Gasteiger partial charge in [-0.05, 0) is 26.7 Å². The molecule has 0 saturated heterocycles. The van der Waals surface area contributed by atoms with E-state index in [4.69, 9.17) is 9.84 Å². The smallest absolute Gasteiger partial charge is 0.308 e. The summed E-state index contributed by atoms with van der Waals surface area (Å²) in [5, 5.41) is 8.99. The second-order valence-corrected chi connectivity index (χ2v) is 5.56. The number of carbonyl (C=O) groups is 2. The molecule has 0 spiro atoms. The number of aliphatic carboxylic acids is 1. The lowest BCUT2D eigenvalue weighted by molar-refractivity contribution is -0.142. The number of carboxylic acid groups (broad SMARTS) is 1. The number of amides is 1. The van der Waals surface area contributed by atoms with Gasteiger partial charge in [0.1, 0.15) is 0 Å². The van der Waals surface area contributed by atoms with E-state index in [1.54, 1.807) is 17.9 Å². The molecule has 0 fully saturated rings. The van der Waals surface area contributed by atoms with Gasteiger partial charge < -0.3 is 14.7 Å². The van der Waals surface area contributed by atoms with Gasteiger partial charge in [0.25, 0.3) is 0 Å². The molecular formula is C16H29NO4. The zero-order chi connectivity index (χ0) is 16.3. The highest BCUT2D eigenvalue weighted by molar-refractivity contribution is 5.88. The van der Waals surface area contributed by atoms with Gasteiger partial charge >= 0.3 is 5.97 Å². The zero-order valence-electron chi connectivity index (χ0n) is 13.7. The highest BCUT2D eigenvalue weighted by Gasteiger charge is 2.18. The first kappa shape index (κ1) is 19.6. The topological polar surface area (TPSA) is 66.8 Å². The molecule has 1 unspecified atom stereocenters. The number of hydrogen-bond donors (Lipinski definition) is 1. The molecule has 5 nitrogen and oxygen atoms in total. The Bertz CT molecular complexity index is 348. The van der Waals surface area contributed by atoms with E-state index in [1.807, 2.05) is 13.8 Å². The summed E-state index contributed by atoms with van der Waals surface area (Å²) < 4.78 is 5.47. The first-order valence-electron chi connectivity index (χ1n) is 7.62. The molecule has 0 heterocycles.